The van der Waals surface area contributed by atoms with Gasteiger partial charge < -0.3 is 15.4 Å². The Kier molecular flexibility index (Phi) is 6.43. The maximum Gasteiger partial charge on any atom is 0.224 e. The zero-order chi connectivity index (χ0) is 13.4. The lowest BCUT2D eigenvalue weighted by atomic mass is 10.1. The molecule has 1 aromatic heterocycles. The fourth-order valence-corrected chi connectivity index (χ4v) is 1.44. The molecule has 102 valence electrons. The number of anilines is 2. The molecule has 1 heterocycles. The maximum absolute atomic E-state index is 5.53. The van der Waals surface area contributed by atoms with E-state index in [0.29, 0.717) is 18.5 Å². The van der Waals surface area contributed by atoms with Crippen LogP contribution in [0, 0.1) is 12.8 Å². The van der Waals surface area contributed by atoms with Gasteiger partial charge in [-0.25, -0.2) is 4.98 Å². The third-order valence-electron chi connectivity index (χ3n) is 2.47. The molecule has 2 N–H and O–H groups in total. The second-order valence-corrected chi connectivity index (χ2v) is 4.69. The van der Waals surface area contributed by atoms with Crippen LogP contribution in [-0.2, 0) is 4.74 Å². The third kappa shape index (κ3) is 5.82. The van der Waals surface area contributed by atoms with Crippen LogP contribution in [0.15, 0.2) is 6.07 Å². The van der Waals surface area contributed by atoms with Crippen molar-refractivity contribution < 1.29 is 4.74 Å². The predicted octanol–water partition coefficient (Wildman–Crippen LogP) is 2.30. The van der Waals surface area contributed by atoms with Crippen molar-refractivity contribution in [2.75, 3.05) is 37.4 Å². The van der Waals surface area contributed by atoms with Crippen molar-refractivity contribution in [2.45, 2.75) is 27.2 Å². The normalized spacial score (nSPS) is 10.7. The van der Waals surface area contributed by atoms with Crippen molar-refractivity contribution in [1.29, 1.82) is 0 Å². The SMILES string of the molecule is CNc1nc(C)cc(NCCOCCC(C)C)n1. The molecule has 0 amide bonds. The average molecular weight is 252 g/mol. The van der Waals surface area contributed by atoms with Crippen molar-refractivity contribution in [1.82, 2.24) is 9.97 Å². The van der Waals surface area contributed by atoms with Gasteiger partial charge in [0.1, 0.15) is 5.82 Å². The van der Waals surface area contributed by atoms with Gasteiger partial charge in [0.05, 0.1) is 6.61 Å². The maximum atomic E-state index is 5.53. The molecule has 0 radical (unpaired) electrons. The summed E-state index contributed by atoms with van der Waals surface area (Å²) in [5.41, 5.74) is 0.942. The van der Waals surface area contributed by atoms with Crippen LogP contribution in [0.5, 0.6) is 0 Å². The lowest BCUT2D eigenvalue weighted by Crippen LogP contribution is -2.12. The Balaban J connectivity index is 2.24. The molecule has 5 heteroatoms. The summed E-state index contributed by atoms with van der Waals surface area (Å²) in [4.78, 5) is 8.55. The van der Waals surface area contributed by atoms with Crippen molar-refractivity contribution >= 4 is 11.8 Å². The van der Waals surface area contributed by atoms with Gasteiger partial charge >= 0.3 is 0 Å². The predicted molar refractivity (Wildman–Crippen MR) is 75.1 cm³/mol. The van der Waals surface area contributed by atoms with E-state index in [1.165, 1.54) is 0 Å². The van der Waals surface area contributed by atoms with Crippen LogP contribution in [-0.4, -0.2) is 36.8 Å². The second kappa shape index (κ2) is 7.87. The number of nitrogens with zero attached hydrogens (tertiary/aromatic N) is 2. The highest BCUT2D eigenvalue weighted by atomic mass is 16.5. The fourth-order valence-electron chi connectivity index (χ4n) is 1.44. The Bertz CT molecular complexity index is 355. The number of ether oxygens (including phenoxy) is 1. The van der Waals surface area contributed by atoms with Crippen LogP contribution in [0.2, 0.25) is 0 Å². The zero-order valence-corrected chi connectivity index (χ0v) is 11.8. The Labute approximate surface area is 109 Å². The van der Waals surface area contributed by atoms with Crippen LogP contribution >= 0.6 is 0 Å². The minimum absolute atomic E-state index is 0.637. The quantitative estimate of drug-likeness (QED) is 0.695. The molecule has 0 fully saturated rings. The molecular weight excluding hydrogens is 228 g/mol. The molecule has 0 aliphatic heterocycles. The van der Waals surface area contributed by atoms with E-state index < -0.39 is 0 Å². The van der Waals surface area contributed by atoms with Crippen molar-refractivity contribution in [3.05, 3.63) is 11.8 Å². The van der Waals surface area contributed by atoms with Gasteiger partial charge in [-0.2, -0.15) is 4.98 Å². The first-order valence-corrected chi connectivity index (χ1v) is 6.47. The monoisotopic (exact) mass is 252 g/mol. The minimum Gasteiger partial charge on any atom is -0.380 e. The van der Waals surface area contributed by atoms with Crippen molar-refractivity contribution in [2.24, 2.45) is 5.92 Å². The lowest BCUT2D eigenvalue weighted by molar-refractivity contribution is 0.132. The van der Waals surface area contributed by atoms with Gasteiger partial charge in [0.2, 0.25) is 5.95 Å². The highest BCUT2D eigenvalue weighted by molar-refractivity contribution is 5.41. The summed E-state index contributed by atoms with van der Waals surface area (Å²) >= 11 is 0. The van der Waals surface area contributed by atoms with E-state index in [0.717, 1.165) is 31.1 Å². The molecule has 0 saturated heterocycles. The van der Waals surface area contributed by atoms with Gasteiger partial charge in [-0.15, -0.1) is 0 Å². The third-order valence-corrected chi connectivity index (χ3v) is 2.47. The van der Waals surface area contributed by atoms with E-state index in [1.54, 1.807) is 0 Å². The molecule has 0 unspecified atom stereocenters. The topological polar surface area (TPSA) is 59.1 Å². The van der Waals surface area contributed by atoms with Gasteiger partial charge in [-0.3, -0.25) is 0 Å². The van der Waals surface area contributed by atoms with E-state index >= 15 is 0 Å². The molecular formula is C13H24N4O. The molecule has 1 aromatic rings. The summed E-state index contributed by atoms with van der Waals surface area (Å²) in [6, 6.07) is 1.93. The highest BCUT2D eigenvalue weighted by Gasteiger charge is 2.00. The van der Waals surface area contributed by atoms with E-state index in [2.05, 4.69) is 34.4 Å². The van der Waals surface area contributed by atoms with Crippen LogP contribution in [0.3, 0.4) is 0 Å². The van der Waals surface area contributed by atoms with E-state index in [1.807, 2.05) is 20.0 Å². The Morgan fingerprint density at radius 3 is 2.72 bits per heavy atom. The standard InChI is InChI=1S/C13H24N4O/c1-10(2)5-7-18-8-6-15-12-9-11(3)16-13(14-4)17-12/h9-10H,5-8H2,1-4H3,(H2,14,15,16,17). The Morgan fingerprint density at radius 1 is 1.28 bits per heavy atom. The summed E-state index contributed by atoms with van der Waals surface area (Å²) in [7, 11) is 1.81. The molecule has 0 bridgehead atoms. The van der Waals surface area contributed by atoms with Crippen LogP contribution in [0.25, 0.3) is 0 Å². The van der Waals surface area contributed by atoms with Crippen molar-refractivity contribution in [3.63, 3.8) is 0 Å². The lowest BCUT2D eigenvalue weighted by Gasteiger charge is -2.09. The molecule has 0 aromatic carbocycles. The Hall–Kier alpha value is -1.36. The smallest absolute Gasteiger partial charge is 0.224 e. The average Bonchev–Trinajstić information content (AvgIpc) is 2.32. The number of aromatic nitrogens is 2. The Morgan fingerprint density at radius 2 is 2.06 bits per heavy atom. The summed E-state index contributed by atoms with van der Waals surface area (Å²) in [5, 5.41) is 6.17. The zero-order valence-electron chi connectivity index (χ0n) is 11.8. The first-order chi connectivity index (χ1) is 8.61. The first-order valence-electron chi connectivity index (χ1n) is 6.47. The molecule has 5 nitrogen and oxygen atoms in total. The van der Waals surface area contributed by atoms with Crippen molar-refractivity contribution in [3.8, 4) is 0 Å². The van der Waals surface area contributed by atoms with Gasteiger partial charge in [-0.05, 0) is 19.3 Å². The molecule has 1 rings (SSSR count). The van der Waals surface area contributed by atoms with Gasteiger partial charge in [0.15, 0.2) is 0 Å². The number of aryl methyl sites for hydroxylation is 1. The van der Waals surface area contributed by atoms with Crippen LogP contribution in [0.4, 0.5) is 11.8 Å². The highest BCUT2D eigenvalue weighted by Crippen LogP contribution is 2.08. The summed E-state index contributed by atoms with van der Waals surface area (Å²) in [6.45, 7) is 8.63. The van der Waals surface area contributed by atoms with Gasteiger partial charge in [0.25, 0.3) is 0 Å². The minimum atomic E-state index is 0.637. The number of hydrogen-bond acceptors (Lipinski definition) is 5. The first kappa shape index (κ1) is 14.7. The molecule has 0 aliphatic rings. The molecule has 0 atom stereocenters. The van der Waals surface area contributed by atoms with E-state index in [9.17, 15) is 0 Å². The number of rotatable bonds is 8. The number of nitrogens with one attached hydrogen (secondary N) is 2. The molecule has 0 aliphatic carbocycles. The fraction of sp³-hybridized carbons (Fsp3) is 0.692. The van der Waals surface area contributed by atoms with Crippen LogP contribution < -0.4 is 10.6 Å². The second-order valence-electron chi connectivity index (χ2n) is 4.69. The number of hydrogen-bond donors (Lipinski definition) is 2. The summed E-state index contributed by atoms with van der Waals surface area (Å²) in [5.74, 6) is 2.16. The van der Waals surface area contributed by atoms with E-state index in [4.69, 9.17) is 4.74 Å². The summed E-state index contributed by atoms with van der Waals surface area (Å²) < 4.78 is 5.53. The molecule has 0 spiro atoms. The van der Waals surface area contributed by atoms with Gasteiger partial charge in [0, 0.05) is 32.0 Å². The molecule has 18 heavy (non-hydrogen) atoms. The van der Waals surface area contributed by atoms with Gasteiger partial charge in [-0.1, -0.05) is 13.8 Å². The van der Waals surface area contributed by atoms with Crippen LogP contribution in [0.1, 0.15) is 26.0 Å². The summed E-state index contributed by atoms with van der Waals surface area (Å²) in [6.07, 6.45) is 1.11. The van der Waals surface area contributed by atoms with E-state index in [-0.39, 0.29) is 0 Å². The molecule has 0 saturated carbocycles. The largest absolute Gasteiger partial charge is 0.380 e.